The second-order valence-corrected chi connectivity index (χ2v) is 9.86. The predicted octanol–water partition coefficient (Wildman–Crippen LogP) is 5.38. The van der Waals surface area contributed by atoms with Gasteiger partial charge in [0.05, 0.1) is 6.26 Å². The van der Waals surface area contributed by atoms with Crippen molar-refractivity contribution in [3.05, 3.63) is 90.0 Å². The lowest BCUT2D eigenvalue weighted by Gasteiger charge is -2.24. The molecule has 0 radical (unpaired) electrons. The van der Waals surface area contributed by atoms with E-state index >= 15 is 0 Å². The van der Waals surface area contributed by atoms with E-state index in [0.717, 1.165) is 29.4 Å². The Kier molecular flexibility index (Phi) is 7.70. The van der Waals surface area contributed by atoms with Crippen molar-refractivity contribution in [3.63, 3.8) is 0 Å². The van der Waals surface area contributed by atoms with E-state index in [1.54, 1.807) is 24.3 Å². The molecule has 0 saturated heterocycles. The van der Waals surface area contributed by atoms with Crippen molar-refractivity contribution in [1.82, 2.24) is 4.90 Å². The molecule has 0 spiro atoms. The highest BCUT2D eigenvalue weighted by Crippen LogP contribution is 2.21. The van der Waals surface area contributed by atoms with Crippen LogP contribution in [0.4, 0.5) is 0 Å². The minimum absolute atomic E-state index is 0.0262. The molecule has 6 heteroatoms. The van der Waals surface area contributed by atoms with Crippen LogP contribution in [-0.2, 0) is 16.7 Å². The van der Waals surface area contributed by atoms with Crippen molar-refractivity contribution in [3.8, 4) is 16.9 Å². The number of amides is 1. The van der Waals surface area contributed by atoms with Gasteiger partial charge in [0.2, 0.25) is 0 Å². The standard InChI is InChI=1S/C26H29NO4S/c1-20(2)17-18-27(19-21-9-15-25(16-10-21)31-32(3,29)30)26(28)24-13-11-23(12-14-24)22-7-5-4-6-8-22/h4-16,20H,17-19H2,1-3H3. The summed E-state index contributed by atoms with van der Waals surface area (Å²) in [5.74, 6) is 0.700. The summed E-state index contributed by atoms with van der Waals surface area (Å²) < 4.78 is 27.5. The number of benzene rings is 3. The molecule has 0 saturated carbocycles. The molecule has 0 bridgehead atoms. The van der Waals surface area contributed by atoms with Crippen LogP contribution < -0.4 is 4.18 Å². The first-order valence-corrected chi connectivity index (χ1v) is 12.5. The van der Waals surface area contributed by atoms with Crippen LogP contribution in [0, 0.1) is 5.92 Å². The van der Waals surface area contributed by atoms with Gasteiger partial charge in [0.15, 0.2) is 0 Å². The molecule has 1 amide bonds. The lowest BCUT2D eigenvalue weighted by molar-refractivity contribution is 0.0735. The molecule has 0 aliphatic rings. The molecule has 3 rings (SSSR count). The van der Waals surface area contributed by atoms with Gasteiger partial charge in [-0.2, -0.15) is 8.42 Å². The van der Waals surface area contributed by atoms with E-state index in [4.69, 9.17) is 4.18 Å². The minimum Gasteiger partial charge on any atom is -0.383 e. The van der Waals surface area contributed by atoms with Crippen molar-refractivity contribution < 1.29 is 17.4 Å². The Morgan fingerprint density at radius 2 is 1.47 bits per heavy atom. The number of hydrogen-bond acceptors (Lipinski definition) is 4. The first-order chi connectivity index (χ1) is 15.2. The monoisotopic (exact) mass is 451 g/mol. The highest BCUT2D eigenvalue weighted by Gasteiger charge is 2.17. The Labute approximate surface area is 190 Å². The lowest BCUT2D eigenvalue weighted by Crippen LogP contribution is -2.32. The fourth-order valence-electron chi connectivity index (χ4n) is 3.33. The van der Waals surface area contributed by atoms with Crippen LogP contribution >= 0.6 is 0 Å². The number of nitrogens with zero attached hydrogens (tertiary/aromatic N) is 1. The second-order valence-electron chi connectivity index (χ2n) is 8.28. The van der Waals surface area contributed by atoms with Crippen molar-refractivity contribution in [1.29, 1.82) is 0 Å². The van der Waals surface area contributed by atoms with Gasteiger partial charge in [-0.25, -0.2) is 0 Å². The smallest absolute Gasteiger partial charge is 0.306 e. The first kappa shape index (κ1) is 23.5. The molecule has 0 atom stereocenters. The van der Waals surface area contributed by atoms with Crippen molar-refractivity contribution in [2.75, 3.05) is 12.8 Å². The Bertz CT molecular complexity index is 1120. The van der Waals surface area contributed by atoms with E-state index in [9.17, 15) is 13.2 Å². The molecule has 5 nitrogen and oxygen atoms in total. The summed E-state index contributed by atoms with van der Waals surface area (Å²) in [6.07, 6.45) is 1.90. The second kappa shape index (κ2) is 10.5. The maximum absolute atomic E-state index is 13.3. The molecule has 0 unspecified atom stereocenters. The number of carbonyl (C=O) groups is 1. The zero-order chi connectivity index (χ0) is 23.1. The van der Waals surface area contributed by atoms with Crippen LogP contribution in [-0.4, -0.2) is 32.0 Å². The topological polar surface area (TPSA) is 63.7 Å². The van der Waals surface area contributed by atoms with E-state index in [2.05, 4.69) is 13.8 Å². The van der Waals surface area contributed by atoms with Gasteiger partial charge in [0, 0.05) is 18.7 Å². The normalized spacial score (nSPS) is 11.4. The molecule has 0 aliphatic carbocycles. The molecular formula is C26H29NO4S. The summed E-state index contributed by atoms with van der Waals surface area (Å²) in [5.41, 5.74) is 3.73. The molecule has 3 aromatic carbocycles. The van der Waals surface area contributed by atoms with Crippen molar-refractivity contribution >= 4 is 16.0 Å². The van der Waals surface area contributed by atoms with Crippen LogP contribution in [0.15, 0.2) is 78.9 Å². The SMILES string of the molecule is CC(C)CCN(Cc1ccc(OS(C)(=O)=O)cc1)C(=O)c1ccc(-c2ccccc2)cc1. The summed E-state index contributed by atoms with van der Waals surface area (Å²) in [7, 11) is -3.57. The third-order valence-corrected chi connectivity index (χ3v) is 5.54. The summed E-state index contributed by atoms with van der Waals surface area (Å²) >= 11 is 0. The molecule has 0 heterocycles. The number of hydrogen-bond donors (Lipinski definition) is 0. The third-order valence-electron chi connectivity index (χ3n) is 5.05. The largest absolute Gasteiger partial charge is 0.383 e. The van der Waals surface area contributed by atoms with Gasteiger partial charge >= 0.3 is 10.1 Å². The fourth-order valence-corrected chi connectivity index (χ4v) is 3.79. The van der Waals surface area contributed by atoms with Gasteiger partial charge in [-0.3, -0.25) is 4.79 Å². The molecule has 168 valence electrons. The summed E-state index contributed by atoms with van der Waals surface area (Å²) in [5, 5.41) is 0. The molecule has 0 N–H and O–H groups in total. The van der Waals surface area contributed by atoms with E-state index in [1.165, 1.54) is 0 Å². The molecule has 32 heavy (non-hydrogen) atoms. The van der Waals surface area contributed by atoms with E-state index in [1.807, 2.05) is 59.5 Å². The molecule has 0 aliphatic heterocycles. The summed E-state index contributed by atoms with van der Waals surface area (Å²) in [6.45, 7) is 5.34. The Morgan fingerprint density at radius 1 is 0.875 bits per heavy atom. The van der Waals surface area contributed by atoms with Gasteiger partial charge in [-0.05, 0) is 53.3 Å². The van der Waals surface area contributed by atoms with Gasteiger partial charge in [-0.1, -0.05) is 68.4 Å². The Morgan fingerprint density at radius 3 is 2.03 bits per heavy atom. The average Bonchev–Trinajstić information content (AvgIpc) is 2.77. The van der Waals surface area contributed by atoms with E-state index < -0.39 is 10.1 Å². The van der Waals surface area contributed by atoms with Crippen LogP contribution in [0.3, 0.4) is 0 Å². The maximum Gasteiger partial charge on any atom is 0.306 e. The maximum atomic E-state index is 13.3. The lowest BCUT2D eigenvalue weighted by atomic mass is 10.0. The molecular weight excluding hydrogens is 422 g/mol. The van der Waals surface area contributed by atoms with Gasteiger partial charge in [-0.15, -0.1) is 0 Å². The zero-order valence-electron chi connectivity index (χ0n) is 18.7. The first-order valence-electron chi connectivity index (χ1n) is 10.6. The van der Waals surface area contributed by atoms with Gasteiger partial charge in [0.1, 0.15) is 5.75 Å². The minimum atomic E-state index is -3.57. The Hall–Kier alpha value is -3.12. The predicted molar refractivity (Wildman–Crippen MR) is 128 cm³/mol. The molecule has 0 fully saturated rings. The summed E-state index contributed by atoms with van der Waals surface area (Å²) in [6, 6.07) is 24.5. The van der Waals surface area contributed by atoms with Crippen LogP contribution in [0.2, 0.25) is 0 Å². The van der Waals surface area contributed by atoms with Crippen LogP contribution in [0.25, 0.3) is 11.1 Å². The molecule has 3 aromatic rings. The average molecular weight is 452 g/mol. The van der Waals surface area contributed by atoms with Gasteiger partial charge < -0.3 is 9.08 Å². The van der Waals surface area contributed by atoms with Gasteiger partial charge in [0.25, 0.3) is 5.91 Å². The number of carbonyl (C=O) groups excluding carboxylic acids is 1. The fraction of sp³-hybridized carbons (Fsp3) is 0.269. The van der Waals surface area contributed by atoms with E-state index in [-0.39, 0.29) is 11.7 Å². The highest BCUT2D eigenvalue weighted by molar-refractivity contribution is 7.86. The number of rotatable bonds is 9. The highest BCUT2D eigenvalue weighted by atomic mass is 32.2. The van der Waals surface area contributed by atoms with E-state index in [0.29, 0.717) is 24.6 Å². The Balaban J connectivity index is 1.76. The van der Waals surface area contributed by atoms with Crippen LogP contribution in [0.5, 0.6) is 5.75 Å². The van der Waals surface area contributed by atoms with Crippen molar-refractivity contribution in [2.45, 2.75) is 26.8 Å². The summed E-state index contributed by atoms with van der Waals surface area (Å²) in [4.78, 5) is 15.1. The molecule has 0 aromatic heterocycles. The van der Waals surface area contributed by atoms with Crippen LogP contribution in [0.1, 0.15) is 36.2 Å². The third kappa shape index (κ3) is 6.95. The van der Waals surface area contributed by atoms with Crippen molar-refractivity contribution in [2.24, 2.45) is 5.92 Å². The zero-order valence-corrected chi connectivity index (χ0v) is 19.5. The quantitative estimate of drug-likeness (QED) is 0.410.